The maximum atomic E-state index is 12.4. The van der Waals surface area contributed by atoms with Crippen molar-refractivity contribution in [3.8, 4) is 5.88 Å². The summed E-state index contributed by atoms with van der Waals surface area (Å²) in [6, 6.07) is 5.40. The Balaban J connectivity index is 2.53. The summed E-state index contributed by atoms with van der Waals surface area (Å²) < 4.78 is 43.1. The van der Waals surface area contributed by atoms with E-state index < -0.39 is 12.6 Å². The first kappa shape index (κ1) is 15.6. The first-order valence-corrected chi connectivity index (χ1v) is 7.16. The molecule has 7 heteroatoms. The normalized spacial score (nSPS) is 11.9. The standard InChI is InChI=1S/C13H10ClF3INO/c1-20-12-8(4-5-13(15,16)17)11(14)9-6-7(18)2-3-10(9)19-12/h2-3,6H,4-5H2,1H3. The molecule has 2 aromatic rings. The van der Waals surface area contributed by atoms with E-state index in [9.17, 15) is 13.2 Å². The number of ether oxygens (including phenoxy) is 1. The maximum absolute atomic E-state index is 12.4. The Morgan fingerprint density at radius 3 is 2.65 bits per heavy atom. The third-order valence-corrected chi connectivity index (χ3v) is 3.89. The summed E-state index contributed by atoms with van der Waals surface area (Å²) in [5, 5.41) is 0.908. The first-order chi connectivity index (χ1) is 9.31. The predicted molar refractivity (Wildman–Crippen MR) is 80.4 cm³/mol. The lowest BCUT2D eigenvalue weighted by atomic mass is 10.1. The Labute approximate surface area is 132 Å². The van der Waals surface area contributed by atoms with Crippen LogP contribution >= 0.6 is 34.2 Å². The van der Waals surface area contributed by atoms with Crippen LogP contribution in [0.1, 0.15) is 12.0 Å². The second-order valence-corrected chi connectivity index (χ2v) is 5.81. The molecule has 1 aromatic heterocycles. The SMILES string of the molecule is COc1nc2ccc(I)cc2c(Cl)c1CCC(F)(F)F. The molecule has 0 fully saturated rings. The van der Waals surface area contributed by atoms with Gasteiger partial charge in [0.05, 0.1) is 17.6 Å². The average Bonchev–Trinajstić information content (AvgIpc) is 2.37. The summed E-state index contributed by atoms with van der Waals surface area (Å²) in [5.74, 6) is 0.146. The van der Waals surface area contributed by atoms with Crippen LogP contribution < -0.4 is 4.74 Å². The van der Waals surface area contributed by atoms with Crippen LogP contribution in [-0.2, 0) is 6.42 Å². The van der Waals surface area contributed by atoms with E-state index in [2.05, 4.69) is 27.6 Å². The summed E-state index contributed by atoms with van der Waals surface area (Å²) in [7, 11) is 1.37. The second kappa shape index (κ2) is 5.93. The summed E-state index contributed by atoms with van der Waals surface area (Å²) in [6.45, 7) is 0. The van der Waals surface area contributed by atoms with Crippen LogP contribution in [0.4, 0.5) is 13.2 Å². The molecule has 108 valence electrons. The van der Waals surface area contributed by atoms with Gasteiger partial charge in [0.1, 0.15) is 0 Å². The Kier molecular flexibility index (Phi) is 4.63. The Morgan fingerprint density at radius 1 is 1.35 bits per heavy atom. The van der Waals surface area contributed by atoms with Crippen molar-refractivity contribution in [1.29, 1.82) is 0 Å². The minimum atomic E-state index is -4.24. The van der Waals surface area contributed by atoms with Gasteiger partial charge < -0.3 is 4.74 Å². The number of methoxy groups -OCH3 is 1. The molecule has 0 saturated carbocycles. The van der Waals surface area contributed by atoms with Crippen LogP contribution in [0, 0.1) is 3.57 Å². The molecule has 0 aliphatic heterocycles. The van der Waals surface area contributed by atoms with Crippen molar-refractivity contribution in [3.63, 3.8) is 0 Å². The van der Waals surface area contributed by atoms with Gasteiger partial charge in [0.15, 0.2) is 0 Å². The maximum Gasteiger partial charge on any atom is 0.389 e. The largest absolute Gasteiger partial charge is 0.481 e. The van der Waals surface area contributed by atoms with Crippen LogP contribution in [0.5, 0.6) is 5.88 Å². The lowest BCUT2D eigenvalue weighted by Crippen LogP contribution is -2.10. The van der Waals surface area contributed by atoms with Gasteiger partial charge in [0.25, 0.3) is 0 Å². The quantitative estimate of drug-likeness (QED) is 0.659. The molecule has 20 heavy (non-hydrogen) atoms. The molecule has 0 spiro atoms. The molecular formula is C13H10ClF3INO. The number of pyridine rings is 1. The van der Waals surface area contributed by atoms with Gasteiger partial charge in [-0.25, -0.2) is 4.98 Å². The van der Waals surface area contributed by atoms with E-state index in [1.165, 1.54) is 7.11 Å². The number of aromatic nitrogens is 1. The van der Waals surface area contributed by atoms with Gasteiger partial charge in [-0.2, -0.15) is 13.2 Å². The number of fused-ring (bicyclic) bond motifs is 1. The zero-order chi connectivity index (χ0) is 14.9. The average molecular weight is 416 g/mol. The fourth-order valence-electron chi connectivity index (χ4n) is 1.87. The third kappa shape index (κ3) is 3.46. The molecule has 0 N–H and O–H groups in total. The molecule has 0 amide bonds. The Hall–Kier alpha value is -0.760. The molecule has 0 aliphatic rings. The Morgan fingerprint density at radius 2 is 2.05 bits per heavy atom. The van der Waals surface area contributed by atoms with Gasteiger partial charge in [-0.3, -0.25) is 0 Å². The van der Waals surface area contributed by atoms with Crippen molar-refractivity contribution >= 4 is 45.1 Å². The topological polar surface area (TPSA) is 22.1 Å². The molecule has 1 heterocycles. The highest BCUT2D eigenvalue weighted by atomic mass is 127. The molecule has 0 aliphatic carbocycles. The van der Waals surface area contributed by atoms with Crippen LogP contribution in [0.15, 0.2) is 18.2 Å². The van der Waals surface area contributed by atoms with Crippen LogP contribution in [0.3, 0.4) is 0 Å². The van der Waals surface area contributed by atoms with E-state index in [-0.39, 0.29) is 17.3 Å². The highest BCUT2D eigenvalue weighted by Crippen LogP contribution is 2.35. The predicted octanol–water partition coefficient (Wildman–Crippen LogP) is 5.00. The van der Waals surface area contributed by atoms with Crippen molar-refractivity contribution < 1.29 is 17.9 Å². The summed E-state index contributed by atoms with van der Waals surface area (Å²) in [5.41, 5.74) is 0.893. The van der Waals surface area contributed by atoms with E-state index >= 15 is 0 Å². The molecular weight excluding hydrogens is 406 g/mol. The zero-order valence-electron chi connectivity index (χ0n) is 10.4. The van der Waals surface area contributed by atoms with E-state index in [0.717, 1.165) is 3.57 Å². The highest BCUT2D eigenvalue weighted by Gasteiger charge is 2.28. The van der Waals surface area contributed by atoms with Crippen molar-refractivity contribution in [3.05, 3.63) is 32.4 Å². The Bertz CT molecular complexity index is 646. The van der Waals surface area contributed by atoms with Gasteiger partial charge in [0, 0.05) is 20.9 Å². The number of rotatable bonds is 3. The fourth-order valence-corrected chi connectivity index (χ4v) is 2.69. The molecule has 0 bridgehead atoms. The minimum absolute atomic E-state index is 0.146. The molecule has 0 unspecified atom stereocenters. The van der Waals surface area contributed by atoms with Gasteiger partial charge in [-0.15, -0.1) is 0 Å². The van der Waals surface area contributed by atoms with Crippen molar-refractivity contribution in [2.24, 2.45) is 0 Å². The summed E-state index contributed by atoms with van der Waals surface area (Å²) in [6.07, 6.45) is -5.45. The van der Waals surface area contributed by atoms with Crippen molar-refractivity contribution in [1.82, 2.24) is 4.98 Å². The van der Waals surface area contributed by atoms with Gasteiger partial charge in [-0.1, -0.05) is 11.6 Å². The third-order valence-electron chi connectivity index (χ3n) is 2.79. The van der Waals surface area contributed by atoms with Gasteiger partial charge >= 0.3 is 6.18 Å². The molecule has 2 rings (SSSR count). The molecule has 0 atom stereocenters. The number of halogens is 5. The first-order valence-electron chi connectivity index (χ1n) is 5.70. The van der Waals surface area contributed by atoms with Crippen LogP contribution in [0.2, 0.25) is 5.02 Å². The molecule has 2 nitrogen and oxygen atoms in total. The number of benzene rings is 1. The summed E-state index contributed by atoms with van der Waals surface area (Å²) >= 11 is 8.35. The second-order valence-electron chi connectivity index (χ2n) is 4.19. The minimum Gasteiger partial charge on any atom is -0.481 e. The number of hydrogen-bond donors (Lipinski definition) is 0. The van der Waals surface area contributed by atoms with Crippen molar-refractivity contribution in [2.45, 2.75) is 19.0 Å². The van der Waals surface area contributed by atoms with Gasteiger partial charge in [0.2, 0.25) is 5.88 Å². The monoisotopic (exact) mass is 415 g/mol. The van der Waals surface area contributed by atoms with Crippen LogP contribution in [-0.4, -0.2) is 18.3 Å². The van der Waals surface area contributed by atoms with E-state index in [1.807, 2.05) is 6.07 Å². The van der Waals surface area contributed by atoms with Gasteiger partial charge in [-0.05, 0) is 47.2 Å². The lowest BCUT2D eigenvalue weighted by molar-refractivity contribution is -0.134. The fraction of sp³-hybridized carbons (Fsp3) is 0.308. The number of nitrogens with zero attached hydrogens (tertiary/aromatic N) is 1. The summed E-state index contributed by atoms with van der Waals surface area (Å²) in [4.78, 5) is 4.22. The van der Waals surface area contributed by atoms with E-state index in [1.54, 1.807) is 12.1 Å². The number of alkyl halides is 3. The lowest BCUT2D eigenvalue weighted by Gasteiger charge is -2.13. The molecule has 0 radical (unpaired) electrons. The smallest absolute Gasteiger partial charge is 0.389 e. The highest BCUT2D eigenvalue weighted by molar-refractivity contribution is 14.1. The molecule has 1 aromatic carbocycles. The van der Waals surface area contributed by atoms with E-state index in [0.29, 0.717) is 16.5 Å². The number of hydrogen-bond acceptors (Lipinski definition) is 2. The molecule has 0 saturated heterocycles. The van der Waals surface area contributed by atoms with Crippen LogP contribution in [0.25, 0.3) is 10.9 Å². The van der Waals surface area contributed by atoms with E-state index in [4.69, 9.17) is 16.3 Å². The van der Waals surface area contributed by atoms with Crippen molar-refractivity contribution in [2.75, 3.05) is 7.11 Å². The zero-order valence-corrected chi connectivity index (χ0v) is 13.3.